The van der Waals surface area contributed by atoms with Crippen molar-refractivity contribution in [1.29, 1.82) is 0 Å². The fourth-order valence-corrected chi connectivity index (χ4v) is 3.41. The summed E-state index contributed by atoms with van der Waals surface area (Å²) in [7, 11) is 0. The Morgan fingerprint density at radius 2 is 2.22 bits per heavy atom. The zero-order valence-electron chi connectivity index (χ0n) is 14.4. The van der Waals surface area contributed by atoms with Crippen molar-refractivity contribution in [2.24, 2.45) is 4.99 Å². The lowest BCUT2D eigenvalue weighted by molar-refractivity contribution is 0.0528. The third-order valence-corrected chi connectivity index (χ3v) is 4.62. The van der Waals surface area contributed by atoms with Crippen LogP contribution in [-0.2, 0) is 4.74 Å². The summed E-state index contributed by atoms with van der Waals surface area (Å²) < 4.78 is 10.7. The number of esters is 1. The highest BCUT2D eigenvalue weighted by Gasteiger charge is 2.23. The number of thiophene rings is 1. The molecule has 0 amide bonds. The van der Waals surface area contributed by atoms with Crippen LogP contribution < -0.4 is 5.56 Å². The second kappa shape index (κ2) is 7.72. The Morgan fingerprint density at radius 3 is 2.85 bits per heavy atom. The van der Waals surface area contributed by atoms with Crippen LogP contribution in [0.4, 0.5) is 5.00 Å². The molecule has 3 aromatic heterocycles. The number of aromatic hydroxyl groups is 1. The van der Waals surface area contributed by atoms with Gasteiger partial charge in [0.2, 0.25) is 5.88 Å². The number of aromatic nitrogens is 2. The molecule has 27 heavy (non-hydrogen) atoms. The molecule has 140 valence electrons. The van der Waals surface area contributed by atoms with Gasteiger partial charge in [0.15, 0.2) is 4.77 Å². The zero-order chi connectivity index (χ0) is 19.6. The van der Waals surface area contributed by atoms with Crippen molar-refractivity contribution in [3.05, 3.63) is 49.5 Å². The summed E-state index contributed by atoms with van der Waals surface area (Å²) in [4.78, 5) is 33.4. The summed E-state index contributed by atoms with van der Waals surface area (Å²) in [6, 6.07) is 3.54. The maximum atomic E-state index is 12.4. The van der Waals surface area contributed by atoms with E-state index in [9.17, 15) is 14.7 Å². The number of ether oxygens (including phenoxy) is 1. The molecule has 0 spiro atoms. The van der Waals surface area contributed by atoms with Crippen LogP contribution in [0.2, 0.25) is 0 Å². The van der Waals surface area contributed by atoms with E-state index in [1.165, 1.54) is 11.3 Å². The molecule has 0 bridgehead atoms. The van der Waals surface area contributed by atoms with Gasteiger partial charge in [0.05, 0.1) is 6.61 Å². The Kier molecular flexibility index (Phi) is 5.38. The average molecular weight is 405 g/mol. The van der Waals surface area contributed by atoms with Crippen molar-refractivity contribution < 1.29 is 19.1 Å². The molecule has 0 radical (unpaired) electrons. The van der Waals surface area contributed by atoms with Crippen molar-refractivity contribution in [3.8, 4) is 17.2 Å². The minimum atomic E-state index is -0.601. The number of aliphatic imine (C=N–C) groups is 1. The molecule has 0 saturated heterocycles. The number of hydrogen-bond acceptors (Lipinski definition) is 8. The topological polar surface area (TPSA) is 121 Å². The number of rotatable bonds is 5. The Bertz CT molecular complexity index is 1140. The van der Waals surface area contributed by atoms with Crippen LogP contribution >= 0.6 is 23.6 Å². The van der Waals surface area contributed by atoms with E-state index in [1.807, 2.05) is 0 Å². The zero-order valence-corrected chi connectivity index (χ0v) is 16.0. The first-order chi connectivity index (χ1) is 12.9. The summed E-state index contributed by atoms with van der Waals surface area (Å²) >= 11 is 5.97. The minimum absolute atomic E-state index is 0.00605. The van der Waals surface area contributed by atoms with Gasteiger partial charge in [0.25, 0.3) is 5.56 Å². The fourth-order valence-electron chi connectivity index (χ4n) is 2.33. The Morgan fingerprint density at radius 1 is 1.44 bits per heavy atom. The summed E-state index contributed by atoms with van der Waals surface area (Å²) in [6.45, 7) is 3.70. The lowest BCUT2D eigenvalue weighted by atomic mass is 10.1. The van der Waals surface area contributed by atoms with Gasteiger partial charge in [0, 0.05) is 17.2 Å². The minimum Gasteiger partial charge on any atom is -0.494 e. The van der Waals surface area contributed by atoms with Crippen molar-refractivity contribution in [3.63, 3.8) is 0 Å². The summed E-state index contributed by atoms with van der Waals surface area (Å²) in [5.41, 5.74) is 0.0647. The molecular weight excluding hydrogens is 390 g/mol. The first-order valence-electron chi connectivity index (χ1n) is 7.85. The molecule has 3 N–H and O–H groups in total. The van der Waals surface area contributed by atoms with Gasteiger partial charge in [-0.15, -0.1) is 11.3 Å². The van der Waals surface area contributed by atoms with Crippen molar-refractivity contribution in [2.75, 3.05) is 6.61 Å². The van der Waals surface area contributed by atoms with E-state index < -0.39 is 17.4 Å². The van der Waals surface area contributed by atoms with Crippen LogP contribution in [0.25, 0.3) is 11.3 Å². The third kappa shape index (κ3) is 3.91. The number of nitrogens with one attached hydrogen (secondary N) is 2. The third-order valence-electron chi connectivity index (χ3n) is 3.53. The molecule has 3 heterocycles. The molecule has 0 aromatic carbocycles. The van der Waals surface area contributed by atoms with E-state index in [4.69, 9.17) is 21.4 Å². The van der Waals surface area contributed by atoms with E-state index in [1.54, 1.807) is 31.4 Å². The van der Waals surface area contributed by atoms with E-state index in [0.717, 1.165) is 6.21 Å². The standard InChI is InChI=1S/C17H15N3O5S2/c1-3-24-16(23)12-10(11-5-4-8(2)25-11)7-27-15(12)18-6-9-13(21)19-17(26)20-14(9)22/h4-7H,3H2,1-2H3,(H3,19,20,21,22,26)/b18-6+. The number of nitrogens with zero attached hydrogens (tertiary/aromatic N) is 1. The Labute approximate surface area is 162 Å². The second-order valence-electron chi connectivity index (χ2n) is 5.39. The van der Waals surface area contributed by atoms with Crippen LogP contribution in [0.15, 0.2) is 31.7 Å². The van der Waals surface area contributed by atoms with Gasteiger partial charge < -0.3 is 19.2 Å². The number of aromatic amines is 2. The first-order valence-corrected chi connectivity index (χ1v) is 9.14. The highest BCUT2D eigenvalue weighted by Crippen LogP contribution is 2.38. The fraction of sp³-hybridized carbons (Fsp3) is 0.176. The maximum Gasteiger partial charge on any atom is 0.341 e. The molecule has 0 atom stereocenters. The number of aryl methyl sites for hydroxylation is 1. The molecule has 8 nitrogen and oxygen atoms in total. The summed E-state index contributed by atoms with van der Waals surface area (Å²) in [5, 5.41) is 11.9. The lowest BCUT2D eigenvalue weighted by Gasteiger charge is -2.04. The molecule has 0 aliphatic carbocycles. The average Bonchev–Trinajstić information content (AvgIpc) is 3.20. The van der Waals surface area contributed by atoms with Crippen LogP contribution in [0.1, 0.15) is 28.6 Å². The van der Waals surface area contributed by atoms with Gasteiger partial charge >= 0.3 is 5.97 Å². The highest BCUT2D eigenvalue weighted by atomic mass is 32.1. The molecule has 3 aromatic rings. The van der Waals surface area contributed by atoms with Gasteiger partial charge in [-0.05, 0) is 38.2 Å². The van der Waals surface area contributed by atoms with Crippen LogP contribution in [0.3, 0.4) is 0 Å². The molecule has 0 aliphatic rings. The Hall–Kier alpha value is -2.98. The predicted molar refractivity (Wildman–Crippen MR) is 104 cm³/mol. The van der Waals surface area contributed by atoms with E-state index in [2.05, 4.69) is 15.0 Å². The normalized spacial score (nSPS) is 11.2. The van der Waals surface area contributed by atoms with Gasteiger partial charge in [-0.3, -0.25) is 9.78 Å². The largest absolute Gasteiger partial charge is 0.494 e. The Balaban J connectivity index is 2.08. The smallest absolute Gasteiger partial charge is 0.341 e. The number of H-pyrrole nitrogens is 2. The molecule has 0 fully saturated rings. The summed E-state index contributed by atoms with van der Waals surface area (Å²) in [6.07, 6.45) is 1.16. The number of furan rings is 1. The summed E-state index contributed by atoms with van der Waals surface area (Å²) in [5.74, 6) is 0.244. The van der Waals surface area contributed by atoms with Crippen LogP contribution in [0, 0.1) is 11.7 Å². The van der Waals surface area contributed by atoms with Crippen molar-refractivity contribution in [1.82, 2.24) is 9.97 Å². The van der Waals surface area contributed by atoms with Crippen LogP contribution in [0.5, 0.6) is 5.88 Å². The van der Waals surface area contributed by atoms with Crippen LogP contribution in [-0.4, -0.2) is 33.9 Å². The van der Waals surface area contributed by atoms with Gasteiger partial charge in [-0.25, -0.2) is 9.79 Å². The molecule has 0 unspecified atom stereocenters. The number of carbonyl (C=O) groups is 1. The van der Waals surface area contributed by atoms with Gasteiger partial charge in [0.1, 0.15) is 27.6 Å². The molecule has 0 saturated carbocycles. The maximum absolute atomic E-state index is 12.4. The van der Waals surface area contributed by atoms with E-state index in [0.29, 0.717) is 22.1 Å². The van der Waals surface area contributed by atoms with Crippen molar-refractivity contribution in [2.45, 2.75) is 13.8 Å². The van der Waals surface area contributed by atoms with E-state index >= 15 is 0 Å². The number of carbonyl (C=O) groups excluding carboxylic acids is 1. The lowest BCUT2D eigenvalue weighted by Crippen LogP contribution is -2.13. The predicted octanol–water partition coefficient (Wildman–Crippen LogP) is 3.70. The second-order valence-corrected chi connectivity index (χ2v) is 6.66. The monoisotopic (exact) mass is 405 g/mol. The molecular formula is C17H15N3O5S2. The first kappa shape index (κ1) is 18.8. The highest BCUT2D eigenvalue weighted by molar-refractivity contribution is 7.71. The molecule has 3 rings (SSSR count). The van der Waals surface area contributed by atoms with Gasteiger partial charge in [-0.1, -0.05) is 0 Å². The molecule has 0 aliphatic heterocycles. The quantitative estimate of drug-likeness (QED) is 0.338. The number of hydrogen-bond donors (Lipinski definition) is 3. The van der Waals surface area contributed by atoms with Crippen molar-refractivity contribution >= 4 is 40.7 Å². The molecule has 10 heteroatoms. The SMILES string of the molecule is CCOC(=O)c1c(-c2ccc(C)o2)csc1/N=C/c1c(O)[nH]c(=S)[nH]c1=O. The van der Waals surface area contributed by atoms with E-state index in [-0.39, 0.29) is 22.5 Å². The van der Waals surface area contributed by atoms with Gasteiger partial charge in [-0.2, -0.15) is 0 Å².